The quantitative estimate of drug-likeness (QED) is 0.171. The molecular weight excluding hydrogens is 260 g/mol. The molecule has 2 nitrogen and oxygen atoms in total. The molecule has 0 aliphatic heterocycles. The number of ether oxygens (including phenoxy) is 1. The maximum Gasteiger partial charge on any atom is 0.333 e. The van der Waals surface area contributed by atoms with Crippen LogP contribution in [-0.2, 0) is 9.53 Å². The van der Waals surface area contributed by atoms with E-state index in [1.807, 2.05) is 0 Å². The molecule has 0 fully saturated rings. The standard InChI is InChI=1S/C19H34O2/c1-4-5-6-7-8-9-10-11-12-13-14-15-16-17-21-19(20)18(2)3/h5-6H,2,4,7-17H2,1,3H3. The summed E-state index contributed by atoms with van der Waals surface area (Å²) in [6.45, 7) is 7.96. The van der Waals surface area contributed by atoms with Crippen molar-refractivity contribution >= 4 is 5.97 Å². The molecule has 0 aliphatic carbocycles. The molecule has 0 rings (SSSR count). The first kappa shape index (κ1) is 19.9. The first-order valence-electron chi connectivity index (χ1n) is 8.66. The number of carbonyl (C=O) groups excluding carboxylic acids is 1. The average molecular weight is 294 g/mol. The lowest BCUT2D eigenvalue weighted by Gasteiger charge is -2.04. The highest BCUT2D eigenvalue weighted by Crippen LogP contribution is 2.11. The second-order valence-electron chi connectivity index (χ2n) is 5.77. The molecule has 0 aromatic rings. The van der Waals surface area contributed by atoms with E-state index in [0.717, 1.165) is 19.3 Å². The fraction of sp³-hybridized carbons (Fsp3) is 0.737. The van der Waals surface area contributed by atoms with Crippen molar-refractivity contribution in [1.29, 1.82) is 0 Å². The van der Waals surface area contributed by atoms with Gasteiger partial charge in [-0.1, -0.05) is 70.6 Å². The van der Waals surface area contributed by atoms with E-state index in [1.165, 1.54) is 51.4 Å². The van der Waals surface area contributed by atoms with E-state index in [-0.39, 0.29) is 5.97 Å². The number of unbranched alkanes of at least 4 members (excludes halogenated alkanes) is 9. The highest BCUT2D eigenvalue weighted by Gasteiger charge is 2.01. The van der Waals surface area contributed by atoms with Gasteiger partial charge in [-0.25, -0.2) is 4.79 Å². The van der Waals surface area contributed by atoms with E-state index in [2.05, 4.69) is 25.7 Å². The van der Waals surface area contributed by atoms with Gasteiger partial charge in [0, 0.05) is 5.57 Å². The highest BCUT2D eigenvalue weighted by molar-refractivity contribution is 5.86. The van der Waals surface area contributed by atoms with Crippen molar-refractivity contribution < 1.29 is 9.53 Å². The van der Waals surface area contributed by atoms with Crippen molar-refractivity contribution in [3.05, 3.63) is 24.3 Å². The van der Waals surface area contributed by atoms with Crippen LogP contribution in [0.5, 0.6) is 0 Å². The molecule has 0 saturated heterocycles. The Morgan fingerprint density at radius 1 is 0.905 bits per heavy atom. The van der Waals surface area contributed by atoms with Gasteiger partial charge in [0.25, 0.3) is 0 Å². The van der Waals surface area contributed by atoms with E-state index in [4.69, 9.17) is 4.74 Å². The lowest BCUT2D eigenvalue weighted by molar-refractivity contribution is -0.139. The Hall–Kier alpha value is -1.05. The molecule has 0 saturated carbocycles. The lowest BCUT2D eigenvalue weighted by Crippen LogP contribution is -2.05. The number of rotatable bonds is 14. The Balaban J connectivity index is 3.11. The molecular formula is C19H34O2. The second-order valence-corrected chi connectivity index (χ2v) is 5.77. The minimum atomic E-state index is -0.260. The summed E-state index contributed by atoms with van der Waals surface area (Å²) < 4.78 is 5.06. The summed E-state index contributed by atoms with van der Waals surface area (Å²) in [6, 6.07) is 0. The average Bonchev–Trinajstić information content (AvgIpc) is 2.47. The van der Waals surface area contributed by atoms with Gasteiger partial charge in [-0.05, 0) is 32.6 Å². The smallest absolute Gasteiger partial charge is 0.333 e. The number of allylic oxidation sites excluding steroid dienone is 2. The zero-order chi connectivity index (χ0) is 15.8. The van der Waals surface area contributed by atoms with Crippen molar-refractivity contribution in [3.63, 3.8) is 0 Å². The first-order valence-corrected chi connectivity index (χ1v) is 8.66. The zero-order valence-corrected chi connectivity index (χ0v) is 14.2. The van der Waals surface area contributed by atoms with Crippen LogP contribution in [-0.4, -0.2) is 12.6 Å². The van der Waals surface area contributed by atoms with Crippen LogP contribution in [0.3, 0.4) is 0 Å². The highest BCUT2D eigenvalue weighted by atomic mass is 16.5. The summed E-state index contributed by atoms with van der Waals surface area (Å²) >= 11 is 0. The third-order valence-electron chi connectivity index (χ3n) is 3.50. The van der Waals surface area contributed by atoms with E-state index >= 15 is 0 Å². The monoisotopic (exact) mass is 294 g/mol. The van der Waals surface area contributed by atoms with Gasteiger partial charge >= 0.3 is 5.97 Å². The van der Waals surface area contributed by atoms with E-state index in [0.29, 0.717) is 12.2 Å². The molecule has 2 heteroatoms. The van der Waals surface area contributed by atoms with E-state index in [1.54, 1.807) is 6.92 Å². The summed E-state index contributed by atoms with van der Waals surface area (Å²) in [6.07, 6.45) is 18.4. The van der Waals surface area contributed by atoms with Gasteiger partial charge in [-0.2, -0.15) is 0 Å². The van der Waals surface area contributed by atoms with Crippen molar-refractivity contribution in [2.75, 3.05) is 6.61 Å². The van der Waals surface area contributed by atoms with Crippen LogP contribution in [0, 0.1) is 0 Å². The summed E-state index contributed by atoms with van der Waals surface area (Å²) in [5.74, 6) is -0.260. The van der Waals surface area contributed by atoms with Crippen molar-refractivity contribution in [2.45, 2.75) is 84.5 Å². The Bertz CT molecular complexity index is 292. The maximum atomic E-state index is 11.1. The molecule has 0 heterocycles. The van der Waals surface area contributed by atoms with Crippen LogP contribution >= 0.6 is 0 Å². The number of esters is 1. The normalized spacial score (nSPS) is 11.0. The molecule has 0 radical (unpaired) electrons. The Kier molecular flexibility index (Phi) is 14.6. The van der Waals surface area contributed by atoms with Crippen LogP contribution in [0.4, 0.5) is 0 Å². The molecule has 0 aromatic carbocycles. The molecule has 122 valence electrons. The van der Waals surface area contributed by atoms with Crippen LogP contribution < -0.4 is 0 Å². The van der Waals surface area contributed by atoms with Gasteiger partial charge in [0.1, 0.15) is 0 Å². The van der Waals surface area contributed by atoms with Gasteiger partial charge in [0.05, 0.1) is 6.61 Å². The topological polar surface area (TPSA) is 26.3 Å². The predicted molar refractivity (Wildman–Crippen MR) is 91.4 cm³/mol. The maximum absolute atomic E-state index is 11.1. The van der Waals surface area contributed by atoms with Crippen LogP contribution in [0.1, 0.15) is 84.5 Å². The zero-order valence-electron chi connectivity index (χ0n) is 14.2. The summed E-state index contributed by atoms with van der Waals surface area (Å²) in [5, 5.41) is 0. The predicted octanol–water partition coefficient (Wildman–Crippen LogP) is 5.97. The third-order valence-corrected chi connectivity index (χ3v) is 3.50. The van der Waals surface area contributed by atoms with Gasteiger partial charge in [0.2, 0.25) is 0 Å². The van der Waals surface area contributed by atoms with Crippen molar-refractivity contribution in [1.82, 2.24) is 0 Å². The molecule has 0 bridgehead atoms. The Labute approximate surface area is 131 Å². The largest absolute Gasteiger partial charge is 0.462 e. The minimum absolute atomic E-state index is 0.260. The molecule has 0 spiro atoms. The van der Waals surface area contributed by atoms with E-state index in [9.17, 15) is 4.79 Å². The molecule has 0 amide bonds. The third kappa shape index (κ3) is 15.2. The van der Waals surface area contributed by atoms with Crippen LogP contribution in [0.2, 0.25) is 0 Å². The molecule has 21 heavy (non-hydrogen) atoms. The fourth-order valence-electron chi connectivity index (χ4n) is 2.17. The second kappa shape index (κ2) is 15.3. The summed E-state index contributed by atoms with van der Waals surface area (Å²) in [4.78, 5) is 11.1. The number of hydrogen-bond donors (Lipinski definition) is 0. The molecule has 0 N–H and O–H groups in total. The fourth-order valence-corrected chi connectivity index (χ4v) is 2.17. The minimum Gasteiger partial charge on any atom is -0.462 e. The molecule has 0 aromatic heterocycles. The SMILES string of the molecule is C=C(C)C(=O)OCCCCCCCCCCCC=CCC. The summed E-state index contributed by atoms with van der Waals surface area (Å²) in [7, 11) is 0. The van der Waals surface area contributed by atoms with Gasteiger partial charge < -0.3 is 4.74 Å². The van der Waals surface area contributed by atoms with Gasteiger partial charge in [-0.3, -0.25) is 0 Å². The first-order chi connectivity index (χ1) is 10.2. The summed E-state index contributed by atoms with van der Waals surface area (Å²) in [5.41, 5.74) is 0.486. The number of carbonyl (C=O) groups is 1. The van der Waals surface area contributed by atoms with Crippen molar-refractivity contribution in [3.8, 4) is 0 Å². The van der Waals surface area contributed by atoms with E-state index < -0.39 is 0 Å². The molecule has 0 unspecified atom stereocenters. The Morgan fingerprint density at radius 2 is 1.43 bits per heavy atom. The number of hydrogen-bond acceptors (Lipinski definition) is 2. The molecule has 0 aliphatic rings. The van der Waals surface area contributed by atoms with Crippen LogP contribution in [0.15, 0.2) is 24.3 Å². The van der Waals surface area contributed by atoms with Crippen LogP contribution in [0.25, 0.3) is 0 Å². The van der Waals surface area contributed by atoms with Gasteiger partial charge in [0.15, 0.2) is 0 Å². The van der Waals surface area contributed by atoms with Crippen molar-refractivity contribution in [2.24, 2.45) is 0 Å². The lowest BCUT2D eigenvalue weighted by atomic mass is 10.1. The molecule has 0 atom stereocenters. The van der Waals surface area contributed by atoms with Gasteiger partial charge in [-0.15, -0.1) is 0 Å². The Morgan fingerprint density at radius 3 is 1.95 bits per heavy atom.